The van der Waals surface area contributed by atoms with Gasteiger partial charge in [-0.3, -0.25) is 72.2 Å². The third kappa shape index (κ3) is 20.8. The monoisotopic (exact) mass is 950 g/mol. The second-order valence-electron chi connectivity index (χ2n) is 16.1. The van der Waals surface area contributed by atoms with E-state index in [-0.39, 0.29) is 136 Å². The van der Waals surface area contributed by atoms with E-state index in [2.05, 4.69) is 0 Å². The van der Waals surface area contributed by atoms with Crippen molar-refractivity contribution in [1.82, 2.24) is 29.4 Å². The number of hydrogen-bond acceptors (Lipinski definition) is 16. The summed E-state index contributed by atoms with van der Waals surface area (Å²) in [5.41, 5.74) is 0. The Labute approximate surface area is 390 Å². The van der Waals surface area contributed by atoms with Crippen molar-refractivity contribution in [2.24, 2.45) is 17.8 Å². The largest absolute Gasteiger partial charge is 0.380 e. The highest BCUT2D eigenvalue weighted by atomic mass is 32.2. The number of amides is 9. The summed E-state index contributed by atoms with van der Waals surface area (Å²) in [5.74, 6) is -3.54. The Morgan fingerprint density at radius 2 is 1.02 bits per heavy atom. The smallest absolute Gasteiger partial charge is 0.255 e. The van der Waals surface area contributed by atoms with Gasteiger partial charge in [0.15, 0.2) is 11.6 Å². The van der Waals surface area contributed by atoms with Crippen LogP contribution in [0.1, 0.15) is 61.3 Å². The molecule has 1 unspecified atom stereocenters. The number of likely N-dealkylation sites (N-methyl/N-ethyl adjacent to an activating group) is 2. The van der Waals surface area contributed by atoms with Crippen molar-refractivity contribution >= 4 is 82.3 Å². The van der Waals surface area contributed by atoms with Gasteiger partial charge < -0.3 is 28.9 Å². The minimum Gasteiger partial charge on any atom is -0.380 e. The van der Waals surface area contributed by atoms with Gasteiger partial charge in [0.25, 0.3) is 23.6 Å². The van der Waals surface area contributed by atoms with E-state index in [4.69, 9.17) is 14.2 Å². The molecule has 1 atom stereocenters. The third-order valence-electron chi connectivity index (χ3n) is 9.87. The Balaban J connectivity index is 0.000000497. The number of carbonyl (C=O) groups excluding carboxylic acids is 12. The molecule has 0 N–H and O–H groups in total. The van der Waals surface area contributed by atoms with Gasteiger partial charge in [-0.2, -0.15) is 0 Å². The second-order valence-corrected chi connectivity index (χ2v) is 17.3. The van der Waals surface area contributed by atoms with Gasteiger partial charge in [-0.15, -0.1) is 11.8 Å². The Bertz CT molecular complexity index is 1810. The highest BCUT2D eigenvalue weighted by molar-refractivity contribution is 8.01. The Morgan fingerprint density at radius 1 is 0.591 bits per heavy atom. The van der Waals surface area contributed by atoms with E-state index in [1.165, 1.54) is 45.7 Å². The van der Waals surface area contributed by atoms with Gasteiger partial charge in [-0.05, 0) is 6.92 Å². The summed E-state index contributed by atoms with van der Waals surface area (Å²) >= 11 is 1.18. The van der Waals surface area contributed by atoms with Crippen molar-refractivity contribution in [3.05, 3.63) is 24.3 Å². The Hall–Kier alpha value is -5.45. The lowest BCUT2D eigenvalue weighted by Crippen LogP contribution is -2.42. The first kappa shape index (κ1) is 58.6. The minimum absolute atomic E-state index is 0.00307. The van der Waals surface area contributed by atoms with Crippen LogP contribution in [0, 0.1) is 17.8 Å². The highest BCUT2D eigenvalue weighted by Gasteiger charge is 2.40. The van der Waals surface area contributed by atoms with Crippen LogP contribution in [0.15, 0.2) is 24.3 Å². The molecule has 0 aromatic rings. The van der Waals surface area contributed by atoms with Crippen LogP contribution in [0.2, 0.25) is 0 Å². The van der Waals surface area contributed by atoms with E-state index in [1.807, 2.05) is 6.92 Å². The average molecular weight is 951 g/mol. The summed E-state index contributed by atoms with van der Waals surface area (Å²) in [7, 11) is 4.66. The minimum atomic E-state index is -0.568. The van der Waals surface area contributed by atoms with Crippen molar-refractivity contribution in [2.75, 3.05) is 99.4 Å². The number of likely N-dealkylation sites (tertiary alicyclic amines) is 1. The molecule has 0 radical (unpaired) electrons. The van der Waals surface area contributed by atoms with E-state index >= 15 is 0 Å². The molecule has 3 aliphatic rings. The lowest BCUT2D eigenvalue weighted by molar-refractivity contribution is -0.145. The van der Waals surface area contributed by atoms with Crippen molar-refractivity contribution in [3.8, 4) is 0 Å². The average Bonchev–Trinajstić information content (AvgIpc) is 3.86. The zero-order chi connectivity index (χ0) is 50.3. The van der Waals surface area contributed by atoms with Crippen LogP contribution >= 0.6 is 11.8 Å². The molecule has 0 bridgehead atoms. The van der Waals surface area contributed by atoms with Gasteiger partial charge in [0.2, 0.25) is 29.5 Å². The van der Waals surface area contributed by atoms with Gasteiger partial charge in [-0.25, -0.2) is 0 Å². The lowest BCUT2D eigenvalue weighted by atomic mass is 10.1. The zero-order valence-electron chi connectivity index (χ0n) is 39.7. The van der Waals surface area contributed by atoms with Gasteiger partial charge in [-0.1, -0.05) is 41.5 Å². The number of carbonyl (C=O) groups is 12. The first-order valence-corrected chi connectivity index (χ1v) is 22.5. The van der Waals surface area contributed by atoms with Gasteiger partial charge in [0.1, 0.15) is 38.8 Å². The normalized spacial score (nSPS) is 15.5. The maximum Gasteiger partial charge on any atom is 0.255 e. The summed E-state index contributed by atoms with van der Waals surface area (Å²) < 4.78 is 15.5. The maximum atomic E-state index is 12.3. The van der Waals surface area contributed by atoms with Gasteiger partial charge in [0.05, 0.1) is 37.2 Å². The standard InChI is InChI=1S/C16H26N2O5S.2C14H20N2O5/c1-5-23-7-6-17(4)15(21)9-18-14(20)8-13(16(18)22)24-10-12(19)11(2)3;1-10(2)11(17)9-21-7-6-15(3)14(20)8-16-12(18)4-5-13(16)19;1-10(2)11(17)8-21-7-6-12(18)15(3)9-16-13(19)4-5-14(16)20/h11,13H,5-10H2,1-4H3;2*4-5,10H,6-9H2,1-3H3. The van der Waals surface area contributed by atoms with E-state index in [0.717, 1.165) is 26.9 Å². The Morgan fingerprint density at radius 3 is 1.47 bits per heavy atom. The number of rotatable bonds is 26. The second kappa shape index (κ2) is 30.0. The van der Waals surface area contributed by atoms with E-state index in [0.29, 0.717) is 19.8 Å². The van der Waals surface area contributed by atoms with Crippen LogP contribution in [0.3, 0.4) is 0 Å². The van der Waals surface area contributed by atoms with Crippen LogP contribution in [-0.4, -0.2) is 205 Å². The molecule has 3 heterocycles. The predicted octanol–water partition coefficient (Wildman–Crippen LogP) is 0.138. The fourth-order valence-corrected chi connectivity index (χ4v) is 6.31. The molecule has 3 aliphatic heterocycles. The molecule has 368 valence electrons. The number of nitrogens with zero attached hydrogens (tertiary/aromatic N) is 6. The zero-order valence-corrected chi connectivity index (χ0v) is 40.6. The van der Waals surface area contributed by atoms with Crippen LogP contribution in [0.5, 0.6) is 0 Å². The van der Waals surface area contributed by atoms with Crippen molar-refractivity contribution in [3.63, 3.8) is 0 Å². The van der Waals surface area contributed by atoms with E-state index in [1.54, 1.807) is 55.6 Å². The molecular formula is C44H66N6O15S. The van der Waals surface area contributed by atoms with Crippen LogP contribution in [0.4, 0.5) is 0 Å². The lowest BCUT2D eigenvalue weighted by Gasteiger charge is -2.22. The summed E-state index contributed by atoms with van der Waals surface area (Å²) in [6.45, 7) is 14.0. The number of ketones is 3. The number of thioether (sulfide) groups is 1. The summed E-state index contributed by atoms with van der Waals surface area (Å²) in [6.07, 6.45) is 4.74. The third-order valence-corrected chi connectivity index (χ3v) is 11.1. The SMILES string of the molecule is CC(C)C(=O)COCCC(=O)N(C)CN1C(=O)C=CC1=O.CC(C)C(=O)COCCN(C)C(=O)CN1C(=O)C=CC1=O.CCOCCN(C)C(=O)CN1C(=O)CC(SCC(=O)C(C)C)C1=O. The molecule has 3 rings (SSSR count). The molecule has 0 spiro atoms. The van der Waals surface area contributed by atoms with Crippen LogP contribution in [0.25, 0.3) is 0 Å². The van der Waals surface area contributed by atoms with Crippen LogP contribution in [-0.2, 0) is 71.7 Å². The molecule has 1 fully saturated rings. The quantitative estimate of drug-likeness (QED) is 0.0826. The van der Waals surface area contributed by atoms with E-state index in [9.17, 15) is 57.5 Å². The molecule has 0 aliphatic carbocycles. The highest BCUT2D eigenvalue weighted by Crippen LogP contribution is 2.26. The molecule has 0 saturated carbocycles. The molecule has 0 aromatic carbocycles. The fourth-order valence-electron chi connectivity index (χ4n) is 5.08. The fraction of sp³-hybridized carbons (Fsp3) is 0.636. The van der Waals surface area contributed by atoms with E-state index < -0.39 is 28.9 Å². The van der Waals surface area contributed by atoms with Crippen molar-refractivity contribution < 1.29 is 71.7 Å². The van der Waals surface area contributed by atoms with Gasteiger partial charge >= 0.3 is 0 Å². The first-order valence-electron chi connectivity index (χ1n) is 21.5. The number of ether oxygens (including phenoxy) is 3. The molecule has 22 heteroatoms. The topological polar surface area (TPSA) is 252 Å². The molecule has 9 amide bonds. The van der Waals surface area contributed by atoms with Crippen molar-refractivity contribution in [2.45, 2.75) is 66.6 Å². The summed E-state index contributed by atoms with van der Waals surface area (Å²) in [6, 6.07) is 0. The molecule has 21 nitrogen and oxygen atoms in total. The molecular weight excluding hydrogens is 885 g/mol. The molecule has 0 aromatic heterocycles. The number of imide groups is 3. The predicted molar refractivity (Wildman–Crippen MR) is 240 cm³/mol. The van der Waals surface area contributed by atoms with Crippen molar-refractivity contribution in [1.29, 1.82) is 0 Å². The number of hydrogen-bond donors (Lipinski definition) is 0. The summed E-state index contributed by atoms with van der Waals surface area (Å²) in [4.78, 5) is 147. The molecule has 1 saturated heterocycles. The summed E-state index contributed by atoms with van der Waals surface area (Å²) in [5, 5.41) is -0.568. The Kier molecular flexibility index (Phi) is 26.6. The maximum absolute atomic E-state index is 12.3. The van der Waals surface area contributed by atoms with Crippen LogP contribution < -0.4 is 0 Å². The number of Topliss-reactive ketones (excluding diaryl/α,β-unsaturated/α-hetero) is 3. The first-order chi connectivity index (χ1) is 30.9. The molecule has 66 heavy (non-hydrogen) atoms. The van der Waals surface area contributed by atoms with Gasteiger partial charge in [0, 0.05) is 89.3 Å².